The SMILES string of the molecule is CCOC1CC(O)C12CCN(Cc1cnc3ncccn13)CC2. The van der Waals surface area contributed by atoms with Crippen LogP contribution in [-0.4, -0.2) is 56.3 Å². The van der Waals surface area contributed by atoms with Crippen molar-refractivity contribution < 1.29 is 9.84 Å². The summed E-state index contributed by atoms with van der Waals surface area (Å²) >= 11 is 0. The fraction of sp³-hybridized carbons (Fsp3) is 0.647. The van der Waals surface area contributed by atoms with Crippen LogP contribution in [0.1, 0.15) is 31.9 Å². The average molecular weight is 316 g/mol. The van der Waals surface area contributed by atoms with Crippen LogP contribution in [0.25, 0.3) is 5.78 Å². The van der Waals surface area contributed by atoms with E-state index in [2.05, 4.69) is 14.9 Å². The van der Waals surface area contributed by atoms with E-state index in [-0.39, 0.29) is 17.6 Å². The van der Waals surface area contributed by atoms with Gasteiger partial charge in [0.2, 0.25) is 5.78 Å². The van der Waals surface area contributed by atoms with E-state index < -0.39 is 0 Å². The fourth-order valence-electron chi connectivity index (χ4n) is 4.17. The summed E-state index contributed by atoms with van der Waals surface area (Å²) < 4.78 is 7.89. The zero-order valence-corrected chi connectivity index (χ0v) is 13.6. The van der Waals surface area contributed by atoms with Crippen LogP contribution >= 0.6 is 0 Å². The highest BCUT2D eigenvalue weighted by molar-refractivity contribution is 5.30. The normalized spacial score (nSPS) is 27.4. The molecule has 0 amide bonds. The van der Waals surface area contributed by atoms with Crippen molar-refractivity contribution in [2.45, 2.75) is 44.9 Å². The monoisotopic (exact) mass is 316 g/mol. The molecule has 2 unspecified atom stereocenters. The van der Waals surface area contributed by atoms with Gasteiger partial charge in [-0.2, -0.15) is 0 Å². The van der Waals surface area contributed by atoms with Crippen LogP contribution in [0.4, 0.5) is 0 Å². The second kappa shape index (κ2) is 5.85. The van der Waals surface area contributed by atoms with Gasteiger partial charge >= 0.3 is 0 Å². The van der Waals surface area contributed by atoms with Gasteiger partial charge in [0.25, 0.3) is 0 Å². The van der Waals surface area contributed by atoms with Crippen molar-refractivity contribution >= 4 is 5.78 Å². The minimum atomic E-state index is -0.193. The number of aromatic nitrogens is 3. The molecule has 0 bridgehead atoms. The van der Waals surface area contributed by atoms with E-state index in [0.717, 1.165) is 51.3 Å². The molecule has 1 aliphatic carbocycles. The van der Waals surface area contributed by atoms with E-state index in [4.69, 9.17) is 4.74 Å². The van der Waals surface area contributed by atoms with Crippen LogP contribution in [0, 0.1) is 5.41 Å². The number of likely N-dealkylation sites (tertiary alicyclic amines) is 1. The molecule has 3 heterocycles. The lowest BCUT2D eigenvalue weighted by Gasteiger charge is -2.56. The number of nitrogens with zero attached hydrogens (tertiary/aromatic N) is 4. The number of hydrogen-bond acceptors (Lipinski definition) is 5. The van der Waals surface area contributed by atoms with Gasteiger partial charge in [0.05, 0.1) is 24.1 Å². The minimum absolute atomic E-state index is 0.00640. The van der Waals surface area contributed by atoms with E-state index in [1.165, 1.54) is 5.69 Å². The van der Waals surface area contributed by atoms with Crippen molar-refractivity contribution in [1.82, 2.24) is 19.3 Å². The van der Waals surface area contributed by atoms with Crippen LogP contribution in [0.5, 0.6) is 0 Å². The summed E-state index contributed by atoms with van der Waals surface area (Å²) in [7, 11) is 0. The van der Waals surface area contributed by atoms with Gasteiger partial charge in [0, 0.05) is 37.4 Å². The summed E-state index contributed by atoms with van der Waals surface area (Å²) in [6.07, 6.45) is 8.55. The summed E-state index contributed by atoms with van der Waals surface area (Å²) in [6.45, 7) is 5.63. The van der Waals surface area contributed by atoms with Crippen LogP contribution < -0.4 is 0 Å². The quantitative estimate of drug-likeness (QED) is 0.926. The summed E-state index contributed by atoms with van der Waals surface area (Å²) in [5, 5.41) is 10.3. The molecule has 23 heavy (non-hydrogen) atoms. The molecule has 124 valence electrons. The number of imidazole rings is 1. The Hall–Kier alpha value is -1.50. The molecule has 0 aromatic carbocycles. The van der Waals surface area contributed by atoms with Gasteiger partial charge < -0.3 is 9.84 Å². The van der Waals surface area contributed by atoms with Crippen LogP contribution in [0.2, 0.25) is 0 Å². The minimum Gasteiger partial charge on any atom is -0.392 e. The standard InChI is InChI=1S/C17H24N4O2/c1-2-23-15-10-14(22)17(15)4-8-20(9-5-17)12-13-11-19-16-18-6-3-7-21(13)16/h3,6-7,11,14-15,22H,2,4-5,8-10,12H2,1H3. The van der Waals surface area contributed by atoms with Gasteiger partial charge in [0.15, 0.2) is 0 Å². The molecule has 1 saturated carbocycles. The first-order valence-electron chi connectivity index (χ1n) is 8.52. The molecule has 6 nitrogen and oxygen atoms in total. The highest BCUT2D eigenvalue weighted by atomic mass is 16.5. The van der Waals surface area contributed by atoms with Crippen molar-refractivity contribution in [2.75, 3.05) is 19.7 Å². The molecule has 1 N–H and O–H groups in total. The van der Waals surface area contributed by atoms with Gasteiger partial charge in [0.1, 0.15) is 0 Å². The van der Waals surface area contributed by atoms with E-state index in [0.29, 0.717) is 0 Å². The first-order valence-corrected chi connectivity index (χ1v) is 8.52. The fourth-order valence-corrected chi connectivity index (χ4v) is 4.17. The molecule has 0 radical (unpaired) electrons. The zero-order valence-electron chi connectivity index (χ0n) is 13.6. The van der Waals surface area contributed by atoms with Crippen molar-refractivity contribution in [3.05, 3.63) is 30.4 Å². The lowest BCUT2D eigenvalue weighted by Crippen LogP contribution is -2.62. The van der Waals surface area contributed by atoms with Crippen LogP contribution in [0.15, 0.2) is 24.7 Å². The molecule has 2 fully saturated rings. The first kappa shape index (κ1) is 15.1. The van der Waals surface area contributed by atoms with Crippen molar-refractivity contribution in [3.8, 4) is 0 Å². The third kappa shape index (κ3) is 2.45. The molecule has 2 atom stereocenters. The molecule has 1 aliphatic heterocycles. The first-order chi connectivity index (χ1) is 11.2. The van der Waals surface area contributed by atoms with Crippen molar-refractivity contribution in [1.29, 1.82) is 0 Å². The van der Waals surface area contributed by atoms with Gasteiger partial charge in [-0.25, -0.2) is 9.97 Å². The van der Waals surface area contributed by atoms with Gasteiger partial charge in [-0.3, -0.25) is 9.30 Å². The third-order valence-electron chi connectivity index (χ3n) is 5.65. The Labute approximate surface area is 136 Å². The summed E-state index contributed by atoms with van der Waals surface area (Å²) in [5.41, 5.74) is 1.16. The molecule has 2 aromatic rings. The van der Waals surface area contributed by atoms with Crippen molar-refractivity contribution in [2.24, 2.45) is 5.41 Å². The van der Waals surface area contributed by atoms with E-state index in [1.54, 1.807) is 6.20 Å². The highest BCUT2D eigenvalue weighted by Gasteiger charge is 2.55. The largest absolute Gasteiger partial charge is 0.392 e. The number of ether oxygens (including phenoxy) is 1. The van der Waals surface area contributed by atoms with Crippen LogP contribution in [0.3, 0.4) is 0 Å². The molecule has 6 heteroatoms. The topological polar surface area (TPSA) is 62.9 Å². The van der Waals surface area contributed by atoms with Crippen LogP contribution in [-0.2, 0) is 11.3 Å². The number of fused-ring (bicyclic) bond motifs is 1. The maximum Gasteiger partial charge on any atom is 0.233 e. The Morgan fingerprint density at radius 1 is 1.35 bits per heavy atom. The number of piperidine rings is 1. The Morgan fingerprint density at radius 2 is 2.17 bits per heavy atom. The predicted octanol–water partition coefficient (Wildman–Crippen LogP) is 1.48. The van der Waals surface area contributed by atoms with Gasteiger partial charge in [-0.05, 0) is 38.9 Å². The second-order valence-corrected chi connectivity index (χ2v) is 6.74. The maximum atomic E-state index is 10.3. The molecule has 2 aromatic heterocycles. The predicted molar refractivity (Wildman–Crippen MR) is 86.0 cm³/mol. The van der Waals surface area contributed by atoms with Crippen molar-refractivity contribution in [3.63, 3.8) is 0 Å². The number of hydrogen-bond donors (Lipinski definition) is 1. The molecule has 1 spiro atoms. The average Bonchev–Trinajstić information content (AvgIpc) is 2.99. The molecular weight excluding hydrogens is 292 g/mol. The second-order valence-electron chi connectivity index (χ2n) is 6.74. The molecule has 4 rings (SSSR count). The van der Waals surface area contributed by atoms with Gasteiger partial charge in [-0.15, -0.1) is 0 Å². The summed E-state index contributed by atoms with van der Waals surface area (Å²) in [4.78, 5) is 11.1. The third-order valence-corrected chi connectivity index (χ3v) is 5.65. The van der Waals surface area contributed by atoms with E-state index in [1.807, 2.05) is 29.8 Å². The van der Waals surface area contributed by atoms with E-state index in [9.17, 15) is 5.11 Å². The summed E-state index contributed by atoms with van der Waals surface area (Å²) in [5.74, 6) is 0.752. The Morgan fingerprint density at radius 3 is 2.91 bits per heavy atom. The number of aliphatic hydroxyl groups is 1. The molecular formula is C17H24N4O2. The Balaban J connectivity index is 1.42. The Kier molecular flexibility index (Phi) is 3.83. The summed E-state index contributed by atoms with van der Waals surface area (Å²) in [6, 6.07) is 1.93. The maximum absolute atomic E-state index is 10.3. The Bertz CT molecular complexity index is 676. The lowest BCUT2D eigenvalue weighted by atomic mass is 9.58. The lowest BCUT2D eigenvalue weighted by molar-refractivity contribution is -0.210. The highest BCUT2D eigenvalue weighted by Crippen LogP contribution is 2.51. The number of rotatable bonds is 4. The van der Waals surface area contributed by atoms with E-state index >= 15 is 0 Å². The zero-order chi connectivity index (χ0) is 15.9. The smallest absolute Gasteiger partial charge is 0.233 e. The molecule has 2 aliphatic rings. The van der Waals surface area contributed by atoms with Gasteiger partial charge in [-0.1, -0.05) is 0 Å². The number of aliphatic hydroxyl groups excluding tert-OH is 1. The molecule has 1 saturated heterocycles.